The highest BCUT2D eigenvalue weighted by Gasteiger charge is 2.04. The van der Waals surface area contributed by atoms with Crippen LogP contribution in [0.5, 0.6) is 5.88 Å². The summed E-state index contributed by atoms with van der Waals surface area (Å²) in [6, 6.07) is 7.89. The zero-order valence-electron chi connectivity index (χ0n) is 8.38. The van der Waals surface area contributed by atoms with Crippen molar-refractivity contribution in [2.24, 2.45) is 4.99 Å². The molecule has 0 amide bonds. The minimum absolute atomic E-state index is 0.00736. The quantitative estimate of drug-likeness (QED) is 0.724. The second kappa shape index (κ2) is 3.34. The van der Waals surface area contributed by atoms with Crippen molar-refractivity contribution < 1.29 is 5.11 Å². The molecule has 1 aromatic carbocycles. The van der Waals surface area contributed by atoms with Crippen LogP contribution in [0, 0.1) is 0 Å². The molecule has 4 heteroatoms. The van der Waals surface area contributed by atoms with E-state index in [1.165, 1.54) is 6.33 Å². The number of hydrogen-bond donors (Lipinski definition) is 2. The van der Waals surface area contributed by atoms with Gasteiger partial charge < -0.3 is 10.1 Å². The maximum absolute atomic E-state index is 9.39. The number of fused-ring (bicyclic) bond motifs is 1. The van der Waals surface area contributed by atoms with Crippen LogP contribution in [-0.2, 0) is 0 Å². The molecule has 1 aromatic heterocycles. The van der Waals surface area contributed by atoms with Crippen molar-refractivity contribution in [1.82, 2.24) is 9.97 Å². The molecule has 78 valence electrons. The van der Waals surface area contributed by atoms with Gasteiger partial charge in [-0.3, -0.25) is 0 Å². The predicted octanol–water partition coefficient (Wildman–Crippen LogP) is 0.570. The highest BCUT2D eigenvalue weighted by atomic mass is 16.3. The smallest absolute Gasteiger partial charge is 0.236 e. The number of aromatic hydroxyl groups is 1. The van der Waals surface area contributed by atoms with Crippen molar-refractivity contribution in [3.8, 4) is 5.88 Å². The zero-order valence-corrected chi connectivity index (χ0v) is 8.38. The number of hydrogen-bond acceptors (Lipinski definition) is 3. The zero-order chi connectivity index (χ0) is 11.0. The summed E-state index contributed by atoms with van der Waals surface area (Å²) in [5.41, 5.74) is 1.38. The molecule has 3 rings (SSSR count). The molecule has 4 nitrogen and oxygen atoms in total. The van der Waals surface area contributed by atoms with Crippen LogP contribution in [0.1, 0.15) is 5.69 Å². The third-order valence-electron chi connectivity index (χ3n) is 2.43. The molecular weight excluding hydrogens is 202 g/mol. The second-order valence-corrected chi connectivity index (χ2v) is 3.52. The molecule has 0 atom stereocenters. The molecule has 0 unspecified atom stereocenters. The average molecular weight is 211 g/mol. The van der Waals surface area contributed by atoms with E-state index < -0.39 is 0 Å². The van der Waals surface area contributed by atoms with Gasteiger partial charge in [-0.1, -0.05) is 18.2 Å². The number of benzene rings is 1. The van der Waals surface area contributed by atoms with Crippen molar-refractivity contribution in [2.75, 3.05) is 0 Å². The lowest BCUT2D eigenvalue weighted by molar-refractivity contribution is 0.455. The van der Waals surface area contributed by atoms with Gasteiger partial charge in [-0.15, -0.1) is 0 Å². The van der Waals surface area contributed by atoms with E-state index in [2.05, 4.69) is 15.0 Å². The SMILES string of the molecule is Oc1nc[nH]c1C=C1C=c2ccccc2=N1. The number of nitrogens with zero attached hydrogens (tertiary/aromatic N) is 2. The van der Waals surface area contributed by atoms with E-state index in [1.54, 1.807) is 6.08 Å². The molecule has 2 N–H and O–H groups in total. The third kappa shape index (κ3) is 1.40. The van der Waals surface area contributed by atoms with Gasteiger partial charge in [0.05, 0.1) is 17.4 Å². The molecule has 0 saturated carbocycles. The average Bonchev–Trinajstić information content (AvgIpc) is 2.85. The summed E-state index contributed by atoms with van der Waals surface area (Å²) in [6.45, 7) is 0. The Morgan fingerprint density at radius 2 is 2.12 bits per heavy atom. The Labute approximate surface area is 91.3 Å². The molecule has 0 saturated heterocycles. The highest BCUT2D eigenvalue weighted by molar-refractivity contribution is 5.65. The fourth-order valence-corrected chi connectivity index (χ4v) is 1.67. The molecule has 0 bridgehead atoms. The Morgan fingerprint density at radius 1 is 1.25 bits per heavy atom. The van der Waals surface area contributed by atoms with E-state index in [1.807, 2.05) is 30.3 Å². The van der Waals surface area contributed by atoms with Crippen molar-refractivity contribution in [3.05, 3.63) is 52.6 Å². The van der Waals surface area contributed by atoms with Crippen LogP contribution < -0.4 is 10.6 Å². The van der Waals surface area contributed by atoms with E-state index in [4.69, 9.17) is 0 Å². The largest absolute Gasteiger partial charge is 0.492 e. The summed E-state index contributed by atoms with van der Waals surface area (Å²) in [6.07, 6.45) is 5.18. The fraction of sp³-hybridized carbons (Fsp3) is 0. The van der Waals surface area contributed by atoms with E-state index in [-0.39, 0.29) is 5.88 Å². The van der Waals surface area contributed by atoms with Crippen LogP contribution in [0.2, 0.25) is 0 Å². The van der Waals surface area contributed by atoms with Crippen molar-refractivity contribution in [1.29, 1.82) is 0 Å². The number of imidazole rings is 1. The minimum atomic E-state index is -0.00736. The first kappa shape index (κ1) is 8.91. The van der Waals surface area contributed by atoms with Gasteiger partial charge in [0.2, 0.25) is 5.88 Å². The van der Waals surface area contributed by atoms with Crippen LogP contribution in [0.15, 0.2) is 41.3 Å². The molecule has 16 heavy (non-hydrogen) atoms. The van der Waals surface area contributed by atoms with Crippen molar-refractivity contribution >= 4 is 12.2 Å². The minimum Gasteiger partial charge on any atom is -0.492 e. The van der Waals surface area contributed by atoms with Crippen molar-refractivity contribution in [3.63, 3.8) is 0 Å². The number of H-pyrrole nitrogens is 1. The molecule has 2 aromatic rings. The lowest BCUT2D eigenvalue weighted by Crippen LogP contribution is -2.19. The van der Waals surface area contributed by atoms with E-state index in [0.717, 1.165) is 16.3 Å². The van der Waals surface area contributed by atoms with Gasteiger partial charge in [0, 0.05) is 5.22 Å². The molecule has 0 radical (unpaired) electrons. The first-order valence-corrected chi connectivity index (χ1v) is 4.92. The number of para-hydroxylation sites is 1. The number of aromatic amines is 1. The second-order valence-electron chi connectivity index (χ2n) is 3.52. The van der Waals surface area contributed by atoms with Gasteiger partial charge in [0.25, 0.3) is 0 Å². The van der Waals surface area contributed by atoms with Crippen LogP contribution in [0.4, 0.5) is 0 Å². The number of allylic oxidation sites excluding steroid dienone is 1. The standard InChI is InChI=1S/C12H9N3O/c16-12-11(13-7-14-12)6-9-5-8-3-1-2-4-10(8)15-9/h1-7,16H,(H,13,14). The van der Waals surface area contributed by atoms with Crippen molar-refractivity contribution in [2.45, 2.75) is 0 Å². The number of rotatable bonds is 1. The lowest BCUT2D eigenvalue weighted by atomic mass is 10.2. The third-order valence-corrected chi connectivity index (χ3v) is 2.43. The molecule has 1 aliphatic rings. The normalized spacial score (nSPS) is 15.6. The van der Waals surface area contributed by atoms with Crippen LogP contribution in [-0.4, -0.2) is 15.1 Å². The topological polar surface area (TPSA) is 61.3 Å². The van der Waals surface area contributed by atoms with Gasteiger partial charge in [-0.25, -0.2) is 9.98 Å². The first-order valence-electron chi connectivity index (χ1n) is 4.92. The Bertz CT molecular complexity index is 645. The Kier molecular flexibility index (Phi) is 1.86. The summed E-state index contributed by atoms with van der Waals surface area (Å²) in [5.74, 6) is -0.00736. The molecule has 1 aliphatic heterocycles. The summed E-state index contributed by atoms with van der Waals surface area (Å²) >= 11 is 0. The molecule has 0 spiro atoms. The highest BCUT2D eigenvalue weighted by Crippen LogP contribution is 2.15. The fourth-order valence-electron chi connectivity index (χ4n) is 1.67. The molecular formula is C12H9N3O. The van der Waals surface area contributed by atoms with Gasteiger partial charge in [0.1, 0.15) is 5.69 Å². The number of nitrogens with one attached hydrogen (secondary N) is 1. The van der Waals surface area contributed by atoms with Gasteiger partial charge in [0.15, 0.2) is 0 Å². The number of aromatic nitrogens is 2. The van der Waals surface area contributed by atoms with E-state index in [0.29, 0.717) is 5.69 Å². The monoisotopic (exact) mass is 211 g/mol. The summed E-state index contributed by atoms with van der Waals surface area (Å²) in [7, 11) is 0. The first-order chi connectivity index (χ1) is 7.83. The molecule has 0 aliphatic carbocycles. The lowest BCUT2D eigenvalue weighted by Gasteiger charge is -1.89. The summed E-state index contributed by atoms with van der Waals surface area (Å²) in [5, 5.41) is 11.4. The Morgan fingerprint density at radius 3 is 2.88 bits per heavy atom. The van der Waals surface area contributed by atoms with E-state index >= 15 is 0 Å². The summed E-state index contributed by atoms with van der Waals surface area (Å²) < 4.78 is 0. The molecule has 2 heterocycles. The maximum atomic E-state index is 9.39. The van der Waals surface area contributed by atoms with Crippen LogP contribution in [0.3, 0.4) is 0 Å². The van der Waals surface area contributed by atoms with Gasteiger partial charge in [-0.2, -0.15) is 0 Å². The van der Waals surface area contributed by atoms with Gasteiger partial charge >= 0.3 is 0 Å². The maximum Gasteiger partial charge on any atom is 0.236 e. The van der Waals surface area contributed by atoms with Crippen LogP contribution >= 0.6 is 0 Å². The van der Waals surface area contributed by atoms with Crippen LogP contribution in [0.25, 0.3) is 12.2 Å². The summed E-state index contributed by atoms with van der Waals surface area (Å²) in [4.78, 5) is 11.0. The Balaban J connectivity index is 2.11. The van der Waals surface area contributed by atoms with E-state index in [9.17, 15) is 5.11 Å². The predicted molar refractivity (Wildman–Crippen MR) is 59.9 cm³/mol. The molecule has 0 fully saturated rings. The van der Waals surface area contributed by atoms with Gasteiger partial charge in [-0.05, 0) is 18.2 Å². The Hall–Kier alpha value is -2.36.